The van der Waals surface area contributed by atoms with Crippen molar-refractivity contribution in [2.24, 2.45) is 0 Å². The fraction of sp³-hybridized carbons (Fsp3) is 0.0556. The van der Waals surface area contributed by atoms with E-state index in [-0.39, 0.29) is 0 Å². The molecule has 3 nitrogen and oxygen atoms in total. The maximum atomic E-state index is 8.56. The lowest BCUT2D eigenvalue weighted by molar-refractivity contribution is 0.137. The molecule has 0 aliphatic carbocycles. The van der Waals surface area contributed by atoms with Gasteiger partial charge in [0.2, 0.25) is 0 Å². The SMILES string of the molecule is C/C=C/C=C(c1ccccc1)c1ccccc1.O=C(O)O. The predicted octanol–water partition coefficient (Wildman–Crippen LogP) is 4.92. The van der Waals surface area contributed by atoms with Crippen LogP contribution in [0.2, 0.25) is 0 Å². The van der Waals surface area contributed by atoms with Crippen LogP contribution in [-0.4, -0.2) is 16.4 Å². The molecule has 21 heavy (non-hydrogen) atoms. The topological polar surface area (TPSA) is 57.5 Å². The molecule has 0 amide bonds. The van der Waals surface area contributed by atoms with Crippen LogP contribution >= 0.6 is 0 Å². The molecular formula is C18H18O3. The fourth-order valence-corrected chi connectivity index (χ4v) is 1.79. The molecule has 0 heterocycles. The van der Waals surface area contributed by atoms with Crippen molar-refractivity contribution in [3.63, 3.8) is 0 Å². The molecule has 0 saturated carbocycles. The van der Waals surface area contributed by atoms with E-state index >= 15 is 0 Å². The molecule has 2 N–H and O–H groups in total. The van der Waals surface area contributed by atoms with E-state index in [9.17, 15) is 0 Å². The third-order valence-electron chi connectivity index (χ3n) is 2.62. The van der Waals surface area contributed by atoms with Gasteiger partial charge in [-0.3, -0.25) is 0 Å². The Morgan fingerprint density at radius 1 is 0.857 bits per heavy atom. The number of hydrogen-bond acceptors (Lipinski definition) is 1. The van der Waals surface area contributed by atoms with Crippen molar-refractivity contribution in [2.45, 2.75) is 6.92 Å². The van der Waals surface area contributed by atoms with Gasteiger partial charge in [-0.1, -0.05) is 78.9 Å². The first kappa shape index (κ1) is 16.2. The van der Waals surface area contributed by atoms with Crippen LogP contribution in [0.1, 0.15) is 18.1 Å². The monoisotopic (exact) mass is 282 g/mol. The summed E-state index contributed by atoms with van der Waals surface area (Å²) in [5, 5.41) is 13.9. The average molecular weight is 282 g/mol. The summed E-state index contributed by atoms with van der Waals surface area (Å²) >= 11 is 0. The first-order valence-electron chi connectivity index (χ1n) is 6.51. The van der Waals surface area contributed by atoms with E-state index in [1.54, 1.807) is 0 Å². The molecule has 2 aromatic carbocycles. The maximum Gasteiger partial charge on any atom is 0.503 e. The van der Waals surface area contributed by atoms with Gasteiger partial charge in [0.1, 0.15) is 0 Å². The number of carboxylic acid groups (broad SMARTS) is 2. The van der Waals surface area contributed by atoms with Crippen LogP contribution in [0.15, 0.2) is 78.9 Å². The molecular weight excluding hydrogens is 264 g/mol. The Morgan fingerprint density at radius 2 is 1.24 bits per heavy atom. The summed E-state index contributed by atoms with van der Waals surface area (Å²) in [6.45, 7) is 2.03. The van der Waals surface area contributed by atoms with Crippen LogP contribution < -0.4 is 0 Å². The van der Waals surface area contributed by atoms with Crippen LogP contribution in [0, 0.1) is 0 Å². The summed E-state index contributed by atoms with van der Waals surface area (Å²) in [5.74, 6) is 0. The Morgan fingerprint density at radius 3 is 1.57 bits per heavy atom. The molecule has 0 fully saturated rings. The third kappa shape index (κ3) is 6.25. The Labute approximate surface area is 124 Å². The van der Waals surface area contributed by atoms with Crippen LogP contribution in [0.4, 0.5) is 4.79 Å². The number of rotatable bonds is 3. The molecule has 0 radical (unpaired) electrons. The van der Waals surface area contributed by atoms with Crippen LogP contribution in [-0.2, 0) is 0 Å². The van der Waals surface area contributed by atoms with Crippen LogP contribution in [0.3, 0.4) is 0 Å². The molecule has 0 aromatic heterocycles. The summed E-state index contributed by atoms with van der Waals surface area (Å²) in [7, 11) is 0. The second-order valence-corrected chi connectivity index (χ2v) is 4.12. The minimum Gasteiger partial charge on any atom is -0.450 e. The van der Waals surface area contributed by atoms with E-state index < -0.39 is 6.16 Å². The zero-order valence-electron chi connectivity index (χ0n) is 11.8. The van der Waals surface area contributed by atoms with E-state index in [1.807, 2.05) is 25.1 Å². The molecule has 2 aromatic rings. The lowest BCUT2D eigenvalue weighted by atomic mass is 9.97. The van der Waals surface area contributed by atoms with E-state index in [1.165, 1.54) is 16.7 Å². The summed E-state index contributed by atoms with van der Waals surface area (Å²) in [6, 6.07) is 20.9. The molecule has 0 spiro atoms. The molecule has 0 unspecified atom stereocenters. The first-order valence-corrected chi connectivity index (χ1v) is 6.51. The van der Waals surface area contributed by atoms with Gasteiger partial charge in [-0.2, -0.15) is 0 Å². The third-order valence-corrected chi connectivity index (χ3v) is 2.62. The van der Waals surface area contributed by atoms with Gasteiger partial charge in [0, 0.05) is 0 Å². The molecule has 3 heteroatoms. The summed E-state index contributed by atoms with van der Waals surface area (Å²) < 4.78 is 0. The van der Waals surface area contributed by atoms with E-state index in [0.717, 1.165) is 0 Å². The van der Waals surface area contributed by atoms with E-state index in [4.69, 9.17) is 15.0 Å². The van der Waals surface area contributed by atoms with Crippen molar-refractivity contribution >= 4 is 11.7 Å². The minimum atomic E-state index is -1.83. The molecule has 0 saturated heterocycles. The van der Waals surface area contributed by atoms with Crippen molar-refractivity contribution in [3.05, 3.63) is 90.0 Å². The average Bonchev–Trinajstić information content (AvgIpc) is 2.49. The van der Waals surface area contributed by atoms with Gasteiger partial charge in [0.25, 0.3) is 0 Å². The van der Waals surface area contributed by atoms with Gasteiger partial charge < -0.3 is 10.2 Å². The van der Waals surface area contributed by atoms with Crippen LogP contribution in [0.5, 0.6) is 0 Å². The highest BCUT2D eigenvalue weighted by atomic mass is 16.6. The number of benzene rings is 2. The number of carbonyl (C=O) groups is 1. The fourth-order valence-electron chi connectivity index (χ4n) is 1.79. The van der Waals surface area contributed by atoms with Gasteiger partial charge in [-0.25, -0.2) is 4.79 Å². The highest BCUT2D eigenvalue weighted by molar-refractivity contribution is 5.80. The van der Waals surface area contributed by atoms with Crippen LogP contribution in [0.25, 0.3) is 5.57 Å². The molecule has 0 atom stereocenters. The number of allylic oxidation sites excluding steroid dienone is 3. The number of hydrogen-bond donors (Lipinski definition) is 2. The largest absolute Gasteiger partial charge is 0.503 e. The summed E-state index contributed by atoms with van der Waals surface area (Å²) in [4.78, 5) is 8.56. The zero-order chi connectivity index (χ0) is 15.5. The van der Waals surface area contributed by atoms with Gasteiger partial charge in [0.15, 0.2) is 0 Å². The van der Waals surface area contributed by atoms with Crippen molar-refractivity contribution in [3.8, 4) is 0 Å². The Bertz CT molecular complexity index is 553. The van der Waals surface area contributed by atoms with Crippen molar-refractivity contribution < 1.29 is 15.0 Å². The second kappa shape index (κ2) is 9.15. The van der Waals surface area contributed by atoms with Gasteiger partial charge in [-0.15, -0.1) is 0 Å². The van der Waals surface area contributed by atoms with Crippen molar-refractivity contribution in [1.82, 2.24) is 0 Å². The molecule has 2 rings (SSSR count). The first-order chi connectivity index (χ1) is 10.1. The van der Waals surface area contributed by atoms with Gasteiger partial charge in [-0.05, 0) is 23.6 Å². The lowest BCUT2D eigenvalue weighted by Crippen LogP contribution is -1.86. The molecule has 0 aliphatic heterocycles. The maximum absolute atomic E-state index is 8.56. The Hall–Kier alpha value is -2.81. The predicted molar refractivity (Wildman–Crippen MR) is 85.4 cm³/mol. The molecule has 0 aliphatic rings. The zero-order valence-corrected chi connectivity index (χ0v) is 11.8. The van der Waals surface area contributed by atoms with E-state index in [0.29, 0.717) is 0 Å². The Balaban J connectivity index is 0.000000491. The lowest BCUT2D eigenvalue weighted by Gasteiger charge is -2.07. The highest BCUT2D eigenvalue weighted by Gasteiger charge is 2.02. The van der Waals surface area contributed by atoms with E-state index in [2.05, 4.69) is 60.7 Å². The smallest absolute Gasteiger partial charge is 0.450 e. The van der Waals surface area contributed by atoms with Gasteiger partial charge in [0.05, 0.1) is 0 Å². The Kier molecular flexibility index (Phi) is 7.08. The van der Waals surface area contributed by atoms with Gasteiger partial charge >= 0.3 is 6.16 Å². The molecule has 0 bridgehead atoms. The quantitative estimate of drug-likeness (QED) is 0.786. The van der Waals surface area contributed by atoms with Crippen molar-refractivity contribution in [2.75, 3.05) is 0 Å². The second-order valence-electron chi connectivity index (χ2n) is 4.12. The minimum absolute atomic E-state index is 1.25. The molecule has 108 valence electrons. The highest BCUT2D eigenvalue weighted by Crippen LogP contribution is 2.22. The summed E-state index contributed by atoms with van der Waals surface area (Å²) in [5.41, 5.74) is 3.75. The standard InChI is InChI=1S/C17H16.CH2O3/c1-2-3-14-17(15-10-6-4-7-11-15)16-12-8-5-9-13-16;2-1(3)4/h2-14H,1H3;(H2,2,3,4)/b3-2+;. The van der Waals surface area contributed by atoms with Crippen molar-refractivity contribution in [1.29, 1.82) is 0 Å². The summed E-state index contributed by atoms with van der Waals surface area (Å²) in [6.07, 6.45) is 4.45. The normalized spacial score (nSPS) is 9.57.